The summed E-state index contributed by atoms with van der Waals surface area (Å²) in [5, 5.41) is 13.8. The van der Waals surface area contributed by atoms with E-state index in [0.717, 1.165) is 19.6 Å². The van der Waals surface area contributed by atoms with E-state index >= 15 is 0 Å². The van der Waals surface area contributed by atoms with Crippen LogP contribution in [0, 0.1) is 10.1 Å². The first-order valence-corrected chi connectivity index (χ1v) is 6.67. The number of ether oxygens (including phenoxy) is 1. The fourth-order valence-corrected chi connectivity index (χ4v) is 2.28. The summed E-state index contributed by atoms with van der Waals surface area (Å²) in [6.07, 6.45) is 1.21. The van der Waals surface area contributed by atoms with Crippen LogP contribution < -0.4 is 5.32 Å². The Kier molecular flexibility index (Phi) is 5.05. The molecule has 1 aliphatic rings. The molecule has 2 heterocycles. The molecule has 1 aliphatic heterocycles. The van der Waals surface area contributed by atoms with Crippen molar-refractivity contribution in [2.24, 2.45) is 0 Å². The van der Waals surface area contributed by atoms with Crippen molar-refractivity contribution in [1.82, 2.24) is 14.9 Å². The molecule has 0 amide bonds. The average molecular weight is 302 g/mol. The second-order valence-electron chi connectivity index (χ2n) is 4.58. The maximum Gasteiger partial charge on any atom is 0.348 e. The van der Waals surface area contributed by atoms with E-state index in [4.69, 9.17) is 16.3 Å². The molecule has 1 saturated heterocycles. The third-order valence-electron chi connectivity index (χ3n) is 2.98. The SMILES string of the molecule is CC(CN1CCOCC1)Nc1ncnc(Cl)c1[N+](=O)[O-]. The number of nitrogens with zero attached hydrogens (tertiary/aromatic N) is 4. The zero-order valence-corrected chi connectivity index (χ0v) is 11.8. The lowest BCUT2D eigenvalue weighted by Crippen LogP contribution is -2.42. The standard InChI is InChI=1S/C11H16ClN5O3/c1-8(6-16-2-4-20-5-3-16)15-11-9(17(18)19)10(12)13-7-14-11/h7-8H,2-6H2,1H3,(H,13,14,15). The molecule has 8 nitrogen and oxygen atoms in total. The summed E-state index contributed by atoms with van der Waals surface area (Å²) in [7, 11) is 0. The van der Waals surface area contributed by atoms with Gasteiger partial charge in [0.05, 0.1) is 18.1 Å². The molecule has 2 rings (SSSR count). The summed E-state index contributed by atoms with van der Waals surface area (Å²) in [4.78, 5) is 20.2. The minimum Gasteiger partial charge on any atom is -0.379 e. The molecule has 20 heavy (non-hydrogen) atoms. The Morgan fingerprint density at radius 1 is 1.55 bits per heavy atom. The van der Waals surface area contributed by atoms with Crippen molar-refractivity contribution < 1.29 is 9.66 Å². The zero-order chi connectivity index (χ0) is 14.5. The summed E-state index contributed by atoms with van der Waals surface area (Å²) in [5.74, 6) is 0.149. The van der Waals surface area contributed by atoms with Crippen LogP contribution in [0.2, 0.25) is 5.15 Å². The predicted octanol–water partition coefficient (Wildman–Crippen LogP) is 1.17. The Morgan fingerprint density at radius 3 is 2.90 bits per heavy atom. The van der Waals surface area contributed by atoms with Crippen LogP contribution in [0.15, 0.2) is 6.33 Å². The van der Waals surface area contributed by atoms with E-state index in [1.54, 1.807) is 0 Å². The van der Waals surface area contributed by atoms with E-state index < -0.39 is 4.92 Å². The molecule has 0 aromatic carbocycles. The largest absolute Gasteiger partial charge is 0.379 e. The van der Waals surface area contributed by atoms with Crippen LogP contribution in [0.1, 0.15) is 6.92 Å². The minimum atomic E-state index is -0.577. The molecule has 1 N–H and O–H groups in total. The van der Waals surface area contributed by atoms with E-state index in [0.29, 0.717) is 13.2 Å². The summed E-state index contributed by atoms with van der Waals surface area (Å²) in [6, 6.07) is -0.00207. The van der Waals surface area contributed by atoms with E-state index in [9.17, 15) is 10.1 Å². The smallest absolute Gasteiger partial charge is 0.348 e. The third-order valence-corrected chi connectivity index (χ3v) is 3.26. The lowest BCUT2D eigenvalue weighted by molar-refractivity contribution is -0.384. The van der Waals surface area contributed by atoms with E-state index in [1.165, 1.54) is 6.33 Å². The van der Waals surface area contributed by atoms with Crippen molar-refractivity contribution in [3.8, 4) is 0 Å². The maximum atomic E-state index is 11.0. The molecule has 0 aliphatic carbocycles. The summed E-state index contributed by atoms with van der Waals surface area (Å²) in [6.45, 7) is 5.84. The number of hydrogen-bond acceptors (Lipinski definition) is 7. The topological polar surface area (TPSA) is 93.4 Å². The fourth-order valence-electron chi connectivity index (χ4n) is 2.07. The molecule has 110 valence electrons. The number of halogens is 1. The molecule has 9 heteroatoms. The lowest BCUT2D eigenvalue weighted by Gasteiger charge is -2.29. The van der Waals surface area contributed by atoms with Crippen LogP contribution in [0.4, 0.5) is 11.5 Å². The normalized spacial score (nSPS) is 17.7. The van der Waals surface area contributed by atoms with Crippen LogP contribution in [0.3, 0.4) is 0 Å². The molecular formula is C11H16ClN5O3. The van der Waals surface area contributed by atoms with Gasteiger partial charge >= 0.3 is 5.69 Å². The van der Waals surface area contributed by atoms with Crippen molar-refractivity contribution in [2.75, 3.05) is 38.2 Å². The highest BCUT2D eigenvalue weighted by molar-refractivity contribution is 6.31. The van der Waals surface area contributed by atoms with Gasteiger partial charge in [0.25, 0.3) is 0 Å². The molecule has 1 aromatic rings. The van der Waals surface area contributed by atoms with Gasteiger partial charge in [0.15, 0.2) is 0 Å². The van der Waals surface area contributed by atoms with Gasteiger partial charge in [-0.25, -0.2) is 9.97 Å². The van der Waals surface area contributed by atoms with Gasteiger partial charge in [-0.05, 0) is 6.92 Å². The minimum absolute atomic E-state index is 0.00207. The van der Waals surface area contributed by atoms with Gasteiger partial charge in [0.1, 0.15) is 6.33 Å². The van der Waals surface area contributed by atoms with Gasteiger partial charge in [0.2, 0.25) is 11.0 Å². The number of hydrogen-bond donors (Lipinski definition) is 1. The first-order chi connectivity index (χ1) is 9.58. The van der Waals surface area contributed by atoms with E-state index in [-0.39, 0.29) is 22.7 Å². The maximum absolute atomic E-state index is 11.0. The predicted molar refractivity (Wildman–Crippen MR) is 74.0 cm³/mol. The third kappa shape index (κ3) is 3.75. The van der Waals surface area contributed by atoms with Crippen molar-refractivity contribution in [2.45, 2.75) is 13.0 Å². The van der Waals surface area contributed by atoms with Crippen molar-refractivity contribution >= 4 is 23.1 Å². The number of rotatable bonds is 5. The highest BCUT2D eigenvalue weighted by Gasteiger charge is 2.23. The molecule has 0 saturated carbocycles. The van der Waals surface area contributed by atoms with Crippen molar-refractivity contribution in [3.63, 3.8) is 0 Å². The molecular weight excluding hydrogens is 286 g/mol. The molecule has 1 fully saturated rings. The first-order valence-electron chi connectivity index (χ1n) is 6.29. The van der Waals surface area contributed by atoms with Crippen molar-refractivity contribution in [3.05, 3.63) is 21.6 Å². The second-order valence-corrected chi connectivity index (χ2v) is 4.94. The van der Waals surface area contributed by atoms with Crippen LogP contribution in [0.5, 0.6) is 0 Å². The van der Waals surface area contributed by atoms with Gasteiger partial charge in [-0.3, -0.25) is 15.0 Å². The summed E-state index contributed by atoms with van der Waals surface area (Å²) in [5.41, 5.74) is -0.289. The highest BCUT2D eigenvalue weighted by Crippen LogP contribution is 2.28. The number of nitro groups is 1. The van der Waals surface area contributed by atoms with Crippen LogP contribution in [0.25, 0.3) is 0 Å². The van der Waals surface area contributed by atoms with Gasteiger partial charge in [-0.1, -0.05) is 11.6 Å². The zero-order valence-electron chi connectivity index (χ0n) is 11.1. The molecule has 0 radical (unpaired) electrons. The van der Waals surface area contributed by atoms with Gasteiger partial charge in [-0.15, -0.1) is 0 Å². The van der Waals surface area contributed by atoms with Gasteiger partial charge in [-0.2, -0.15) is 0 Å². The quantitative estimate of drug-likeness (QED) is 0.495. The van der Waals surface area contributed by atoms with Crippen LogP contribution in [-0.4, -0.2) is 58.7 Å². The molecule has 1 unspecified atom stereocenters. The fraction of sp³-hybridized carbons (Fsp3) is 0.636. The lowest BCUT2D eigenvalue weighted by atomic mass is 10.3. The van der Waals surface area contributed by atoms with E-state index in [1.807, 2.05) is 6.92 Å². The Bertz CT molecular complexity index is 481. The average Bonchev–Trinajstić information content (AvgIpc) is 2.39. The Labute approximate surface area is 121 Å². The number of morpholine rings is 1. The Balaban J connectivity index is 2.01. The molecule has 0 bridgehead atoms. The molecule has 1 aromatic heterocycles. The van der Waals surface area contributed by atoms with Gasteiger partial charge in [0, 0.05) is 25.7 Å². The van der Waals surface area contributed by atoms with Crippen LogP contribution in [-0.2, 0) is 4.74 Å². The number of aromatic nitrogens is 2. The molecule has 1 atom stereocenters. The van der Waals surface area contributed by atoms with Crippen molar-refractivity contribution in [1.29, 1.82) is 0 Å². The van der Waals surface area contributed by atoms with Gasteiger partial charge < -0.3 is 10.1 Å². The molecule has 0 spiro atoms. The van der Waals surface area contributed by atoms with Crippen LogP contribution >= 0.6 is 11.6 Å². The van der Waals surface area contributed by atoms with E-state index in [2.05, 4.69) is 20.2 Å². The Morgan fingerprint density at radius 2 is 2.25 bits per heavy atom. The number of nitrogens with one attached hydrogen (secondary N) is 1. The first kappa shape index (κ1) is 14.9. The summed E-state index contributed by atoms with van der Waals surface area (Å²) < 4.78 is 5.28. The summed E-state index contributed by atoms with van der Waals surface area (Å²) >= 11 is 5.74. The highest BCUT2D eigenvalue weighted by atomic mass is 35.5. The number of anilines is 1. The Hall–Kier alpha value is -1.51. The monoisotopic (exact) mass is 301 g/mol. The second kappa shape index (κ2) is 6.78.